The third kappa shape index (κ3) is 3.56. The molecule has 0 fully saturated rings. The number of aromatic nitrogens is 1. The van der Waals surface area contributed by atoms with Gasteiger partial charge in [0.05, 0.1) is 5.54 Å². The lowest BCUT2D eigenvalue weighted by Gasteiger charge is -2.30. The fourth-order valence-corrected chi connectivity index (χ4v) is 3.01. The van der Waals surface area contributed by atoms with Crippen molar-refractivity contribution in [1.29, 1.82) is 0 Å². The number of thiazole rings is 1. The van der Waals surface area contributed by atoms with E-state index in [1.54, 1.807) is 11.3 Å². The van der Waals surface area contributed by atoms with Gasteiger partial charge in [-0.3, -0.25) is 0 Å². The van der Waals surface area contributed by atoms with Gasteiger partial charge >= 0.3 is 0 Å². The lowest BCUT2D eigenvalue weighted by atomic mass is 9.91. The van der Waals surface area contributed by atoms with Crippen LogP contribution in [0.4, 0.5) is 0 Å². The Hall–Kier alpha value is -0.410. The van der Waals surface area contributed by atoms with Gasteiger partial charge in [-0.25, -0.2) is 4.98 Å². The molecular weight excluding hydrogens is 216 g/mol. The molecule has 1 atom stereocenters. The van der Waals surface area contributed by atoms with Gasteiger partial charge in [0.1, 0.15) is 5.01 Å². The van der Waals surface area contributed by atoms with Crippen molar-refractivity contribution in [2.24, 2.45) is 5.92 Å². The van der Waals surface area contributed by atoms with Gasteiger partial charge in [0.15, 0.2) is 0 Å². The first-order valence-electron chi connectivity index (χ1n) is 6.15. The van der Waals surface area contributed by atoms with Gasteiger partial charge in [-0.15, -0.1) is 11.3 Å². The van der Waals surface area contributed by atoms with Gasteiger partial charge in [-0.2, -0.15) is 0 Å². The van der Waals surface area contributed by atoms with Crippen LogP contribution in [0, 0.1) is 12.8 Å². The van der Waals surface area contributed by atoms with Crippen LogP contribution in [0.25, 0.3) is 0 Å². The Morgan fingerprint density at radius 3 is 2.62 bits per heavy atom. The Morgan fingerprint density at radius 1 is 1.50 bits per heavy atom. The third-order valence-corrected chi connectivity index (χ3v) is 3.90. The van der Waals surface area contributed by atoms with E-state index in [1.807, 2.05) is 0 Å². The smallest absolute Gasteiger partial charge is 0.113 e. The first-order chi connectivity index (χ1) is 7.48. The summed E-state index contributed by atoms with van der Waals surface area (Å²) in [6.45, 7) is 12.1. The van der Waals surface area contributed by atoms with Gasteiger partial charge in [0.25, 0.3) is 0 Å². The minimum absolute atomic E-state index is 0.0447. The molecule has 0 aliphatic heterocycles. The zero-order chi connectivity index (χ0) is 12.2. The standard InChI is InChI=1S/C13H24N2S/c1-6-7-14-13(5,8-10(2)3)12-15-11(4)9-16-12/h9-10,14H,6-8H2,1-5H3. The van der Waals surface area contributed by atoms with Crippen LogP contribution < -0.4 is 5.32 Å². The molecule has 92 valence electrons. The van der Waals surface area contributed by atoms with Gasteiger partial charge in [0, 0.05) is 11.1 Å². The second-order valence-corrected chi connectivity index (χ2v) is 6.01. The SMILES string of the molecule is CCCNC(C)(CC(C)C)c1nc(C)cs1. The average Bonchev–Trinajstić information content (AvgIpc) is 2.61. The average molecular weight is 240 g/mol. The van der Waals surface area contributed by atoms with Crippen LogP contribution in [0.3, 0.4) is 0 Å². The summed E-state index contributed by atoms with van der Waals surface area (Å²) in [6.07, 6.45) is 2.30. The van der Waals surface area contributed by atoms with Crippen molar-refractivity contribution in [2.45, 2.75) is 53.0 Å². The zero-order valence-corrected chi connectivity index (χ0v) is 11.9. The monoisotopic (exact) mass is 240 g/mol. The van der Waals surface area contributed by atoms with Crippen LogP contribution in [0.15, 0.2) is 5.38 Å². The van der Waals surface area contributed by atoms with Crippen LogP contribution >= 0.6 is 11.3 Å². The maximum Gasteiger partial charge on any atom is 0.113 e. The van der Waals surface area contributed by atoms with E-state index in [0.29, 0.717) is 5.92 Å². The van der Waals surface area contributed by atoms with E-state index in [-0.39, 0.29) is 5.54 Å². The van der Waals surface area contributed by atoms with E-state index in [2.05, 4.69) is 50.3 Å². The summed E-state index contributed by atoms with van der Waals surface area (Å²) >= 11 is 1.78. The Morgan fingerprint density at radius 2 is 2.19 bits per heavy atom. The first kappa shape index (κ1) is 13.7. The van der Waals surface area contributed by atoms with Crippen LogP contribution in [0.5, 0.6) is 0 Å². The normalized spacial score (nSPS) is 15.4. The molecule has 0 saturated heterocycles. The molecule has 0 radical (unpaired) electrons. The molecule has 1 rings (SSSR count). The molecule has 0 aliphatic rings. The summed E-state index contributed by atoms with van der Waals surface area (Å²) in [7, 11) is 0. The molecule has 1 heterocycles. The van der Waals surface area contributed by atoms with Crippen molar-refractivity contribution in [1.82, 2.24) is 10.3 Å². The number of hydrogen-bond donors (Lipinski definition) is 1. The highest BCUT2D eigenvalue weighted by Gasteiger charge is 2.29. The minimum atomic E-state index is 0.0447. The summed E-state index contributed by atoms with van der Waals surface area (Å²) in [5, 5.41) is 7.02. The van der Waals surface area contributed by atoms with Crippen molar-refractivity contribution < 1.29 is 0 Å². The summed E-state index contributed by atoms with van der Waals surface area (Å²) in [5.41, 5.74) is 1.18. The predicted octanol–water partition coefficient (Wildman–Crippen LogP) is 3.71. The number of nitrogens with zero attached hydrogens (tertiary/aromatic N) is 1. The van der Waals surface area contributed by atoms with E-state index >= 15 is 0 Å². The van der Waals surface area contributed by atoms with Crippen LogP contribution in [-0.4, -0.2) is 11.5 Å². The van der Waals surface area contributed by atoms with Crippen molar-refractivity contribution >= 4 is 11.3 Å². The highest BCUT2D eigenvalue weighted by Crippen LogP contribution is 2.30. The summed E-state index contributed by atoms with van der Waals surface area (Å²) < 4.78 is 0. The second kappa shape index (κ2) is 5.78. The Bertz CT molecular complexity index is 319. The third-order valence-electron chi connectivity index (χ3n) is 2.67. The maximum atomic E-state index is 4.64. The molecule has 0 amide bonds. The van der Waals surface area contributed by atoms with Crippen molar-refractivity contribution in [3.05, 3.63) is 16.1 Å². The van der Waals surface area contributed by atoms with Crippen LogP contribution in [-0.2, 0) is 5.54 Å². The van der Waals surface area contributed by atoms with Crippen molar-refractivity contribution in [2.75, 3.05) is 6.54 Å². The summed E-state index contributed by atoms with van der Waals surface area (Å²) in [4.78, 5) is 4.64. The molecule has 1 unspecified atom stereocenters. The Balaban J connectivity index is 2.85. The molecular formula is C13H24N2S. The maximum absolute atomic E-state index is 4.64. The fraction of sp³-hybridized carbons (Fsp3) is 0.769. The quantitative estimate of drug-likeness (QED) is 0.820. The lowest BCUT2D eigenvalue weighted by Crippen LogP contribution is -2.41. The molecule has 1 N–H and O–H groups in total. The highest BCUT2D eigenvalue weighted by molar-refractivity contribution is 7.09. The number of rotatable bonds is 6. The van der Waals surface area contributed by atoms with Crippen molar-refractivity contribution in [3.63, 3.8) is 0 Å². The second-order valence-electron chi connectivity index (χ2n) is 5.15. The molecule has 1 aromatic heterocycles. The largest absolute Gasteiger partial charge is 0.306 e. The molecule has 0 aromatic carbocycles. The molecule has 3 heteroatoms. The van der Waals surface area contributed by atoms with E-state index in [1.165, 1.54) is 5.01 Å². The van der Waals surface area contributed by atoms with Gasteiger partial charge in [0.2, 0.25) is 0 Å². The predicted molar refractivity (Wildman–Crippen MR) is 72.0 cm³/mol. The van der Waals surface area contributed by atoms with Gasteiger partial charge < -0.3 is 5.32 Å². The lowest BCUT2D eigenvalue weighted by molar-refractivity contribution is 0.297. The van der Waals surface area contributed by atoms with Gasteiger partial charge in [-0.1, -0.05) is 20.8 Å². The van der Waals surface area contributed by atoms with Gasteiger partial charge in [-0.05, 0) is 39.2 Å². The topological polar surface area (TPSA) is 24.9 Å². The molecule has 2 nitrogen and oxygen atoms in total. The number of aryl methyl sites for hydroxylation is 1. The van der Waals surface area contributed by atoms with E-state index in [9.17, 15) is 0 Å². The minimum Gasteiger partial charge on any atom is -0.306 e. The van der Waals surface area contributed by atoms with Crippen molar-refractivity contribution in [3.8, 4) is 0 Å². The summed E-state index contributed by atoms with van der Waals surface area (Å²) in [6, 6.07) is 0. The van der Waals surface area contributed by atoms with E-state index in [4.69, 9.17) is 0 Å². The van der Waals surface area contributed by atoms with E-state index in [0.717, 1.165) is 25.1 Å². The molecule has 0 saturated carbocycles. The number of nitrogens with one attached hydrogen (secondary N) is 1. The molecule has 0 aliphatic carbocycles. The van der Waals surface area contributed by atoms with Crippen LogP contribution in [0.1, 0.15) is 51.2 Å². The zero-order valence-electron chi connectivity index (χ0n) is 11.1. The Kier molecular flexibility index (Phi) is 4.93. The molecule has 1 aromatic rings. The van der Waals surface area contributed by atoms with Crippen LogP contribution in [0.2, 0.25) is 0 Å². The molecule has 0 spiro atoms. The summed E-state index contributed by atoms with van der Waals surface area (Å²) in [5.74, 6) is 0.679. The highest BCUT2D eigenvalue weighted by atomic mass is 32.1. The fourth-order valence-electron chi connectivity index (χ4n) is 2.06. The first-order valence-corrected chi connectivity index (χ1v) is 7.03. The number of hydrogen-bond acceptors (Lipinski definition) is 3. The Labute approximate surface area is 103 Å². The molecule has 0 bridgehead atoms. The molecule has 16 heavy (non-hydrogen) atoms. The van der Waals surface area contributed by atoms with E-state index < -0.39 is 0 Å².